The number of nitrogens with one attached hydrogen (secondary N) is 2. The lowest BCUT2D eigenvalue weighted by atomic mass is 10.1. The van der Waals surface area contributed by atoms with E-state index in [0.717, 1.165) is 0 Å². The van der Waals surface area contributed by atoms with Gasteiger partial charge in [-0.05, 0) is 29.8 Å². The summed E-state index contributed by atoms with van der Waals surface area (Å²) in [5, 5.41) is 10.5. The number of hydrogen-bond acceptors (Lipinski definition) is 5. The summed E-state index contributed by atoms with van der Waals surface area (Å²) in [7, 11) is 0. The van der Waals surface area contributed by atoms with Gasteiger partial charge >= 0.3 is 0 Å². The van der Waals surface area contributed by atoms with Gasteiger partial charge in [-0.1, -0.05) is 12.1 Å². The van der Waals surface area contributed by atoms with Crippen molar-refractivity contribution in [3.05, 3.63) is 70.0 Å². The molecule has 0 heterocycles. The van der Waals surface area contributed by atoms with Crippen molar-refractivity contribution >= 4 is 17.5 Å². The Hall–Kier alpha value is -3.49. The molecule has 2 N–H and O–H groups in total. The molecule has 9 heteroatoms. The maximum Gasteiger partial charge on any atom is 0.276 e. The van der Waals surface area contributed by atoms with Gasteiger partial charge in [-0.15, -0.1) is 0 Å². The first kappa shape index (κ1) is 17.9. The van der Waals surface area contributed by atoms with Crippen molar-refractivity contribution in [2.45, 2.75) is 6.42 Å². The summed E-state index contributed by atoms with van der Waals surface area (Å²) in [6.45, 7) is -0.358. The first-order valence-electron chi connectivity index (χ1n) is 7.13. The minimum atomic E-state index is -0.596. The van der Waals surface area contributed by atoms with E-state index in [0.29, 0.717) is 11.3 Å². The maximum atomic E-state index is 12.7. The Bertz CT molecular complexity index is 762. The van der Waals surface area contributed by atoms with Gasteiger partial charge in [0.15, 0.2) is 6.61 Å². The van der Waals surface area contributed by atoms with Crippen LogP contribution in [0, 0.1) is 15.9 Å². The number of hydrazine groups is 1. The van der Waals surface area contributed by atoms with Crippen molar-refractivity contribution in [2.24, 2.45) is 0 Å². The topological polar surface area (TPSA) is 111 Å². The van der Waals surface area contributed by atoms with Gasteiger partial charge in [0.05, 0.1) is 11.3 Å². The summed E-state index contributed by atoms with van der Waals surface area (Å²) in [6.07, 6.45) is -0.0584. The van der Waals surface area contributed by atoms with Crippen LogP contribution in [0.5, 0.6) is 5.75 Å². The molecule has 0 radical (unpaired) electrons. The molecule has 0 atom stereocenters. The van der Waals surface area contributed by atoms with E-state index in [1.165, 1.54) is 48.5 Å². The molecule has 0 aliphatic rings. The van der Waals surface area contributed by atoms with Crippen LogP contribution in [0.4, 0.5) is 10.1 Å². The zero-order valence-electron chi connectivity index (χ0n) is 12.9. The molecule has 2 amide bonds. The molecule has 2 rings (SSSR count). The van der Waals surface area contributed by atoms with Crippen molar-refractivity contribution in [2.75, 3.05) is 6.61 Å². The van der Waals surface area contributed by atoms with Crippen LogP contribution in [0.3, 0.4) is 0 Å². The highest BCUT2D eigenvalue weighted by Gasteiger charge is 2.09. The average molecular weight is 347 g/mol. The van der Waals surface area contributed by atoms with Crippen LogP contribution in [-0.2, 0) is 16.0 Å². The number of non-ortho nitro benzene ring substituents is 1. The fourth-order valence-electron chi connectivity index (χ4n) is 1.82. The third kappa shape index (κ3) is 5.90. The van der Waals surface area contributed by atoms with Crippen molar-refractivity contribution in [1.29, 1.82) is 0 Å². The highest BCUT2D eigenvalue weighted by Crippen LogP contribution is 2.12. The molecule has 0 aromatic heterocycles. The number of carbonyl (C=O) groups excluding carboxylic acids is 2. The Morgan fingerprint density at radius 1 is 1.00 bits per heavy atom. The van der Waals surface area contributed by atoms with Gasteiger partial charge in [0.25, 0.3) is 11.6 Å². The highest BCUT2D eigenvalue weighted by molar-refractivity contribution is 5.83. The summed E-state index contributed by atoms with van der Waals surface area (Å²) < 4.78 is 17.8. The molecule has 0 saturated heterocycles. The molecule has 0 bridgehead atoms. The number of rotatable bonds is 6. The van der Waals surface area contributed by atoms with Crippen LogP contribution >= 0.6 is 0 Å². The SMILES string of the molecule is O=C(COc1ccc(F)cc1)NNC(=O)Cc1ccc([N+](=O)[O-])cc1. The van der Waals surface area contributed by atoms with Crippen molar-refractivity contribution in [1.82, 2.24) is 10.9 Å². The second-order valence-corrected chi connectivity index (χ2v) is 4.94. The molecule has 130 valence electrons. The van der Waals surface area contributed by atoms with E-state index < -0.39 is 22.6 Å². The molecule has 2 aromatic rings. The quantitative estimate of drug-likeness (QED) is 0.608. The molecule has 2 aromatic carbocycles. The van der Waals surface area contributed by atoms with Crippen LogP contribution in [0.1, 0.15) is 5.56 Å². The Morgan fingerprint density at radius 2 is 1.60 bits per heavy atom. The number of benzene rings is 2. The highest BCUT2D eigenvalue weighted by atomic mass is 19.1. The first-order valence-corrected chi connectivity index (χ1v) is 7.13. The third-order valence-corrected chi connectivity index (χ3v) is 3.04. The van der Waals surface area contributed by atoms with E-state index >= 15 is 0 Å². The van der Waals surface area contributed by atoms with Crippen LogP contribution in [0.25, 0.3) is 0 Å². The molecule has 0 saturated carbocycles. The van der Waals surface area contributed by atoms with E-state index in [1.54, 1.807) is 0 Å². The largest absolute Gasteiger partial charge is 0.484 e. The predicted octanol–water partition coefficient (Wildman–Crippen LogP) is 1.50. The molecule has 0 spiro atoms. The lowest BCUT2D eigenvalue weighted by Gasteiger charge is -2.09. The van der Waals surface area contributed by atoms with Gasteiger partial charge in [0.2, 0.25) is 5.91 Å². The minimum Gasteiger partial charge on any atom is -0.484 e. The maximum absolute atomic E-state index is 12.7. The third-order valence-electron chi connectivity index (χ3n) is 3.04. The Morgan fingerprint density at radius 3 is 2.20 bits per heavy atom. The summed E-state index contributed by atoms with van der Waals surface area (Å²) >= 11 is 0. The fourth-order valence-corrected chi connectivity index (χ4v) is 1.82. The molecular weight excluding hydrogens is 333 g/mol. The van der Waals surface area contributed by atoms with E-state index in [2.05, 4.69) is 10.9 Å². The van der Waals surface area contributed by atoms with Crippen molar-refractivity contribution in [3.8, 4) is 5.75 Å². The molecule has 0 fully saturated rings. The molecule has 0 aliphatic carbocycles. The smallest absolute Gasteiger partial charge is 0.276 e. The molecule has 0 aliphatic heterocycles. The van der Waals surface area contributed by atoms with Crippen LogP contribution in [0.15, 0.2) is 48.5 Å². The van der Waals surface area contributed by atoms with Crippen molar-refractivity contribution < 1.29 is 23.6 Å². The zero-order chi connectivity index (χ0) is 18.2. The second kappa shape index (κ2) is 8.39. The van der Waals surface area contributed by atoms with Crippen LogP contribution in [0.2, 0.25) is 0 Å². The number of hydrogen-bond donors (Lipinski definition) is 2. The number of nitro groups is 1. The lowest BCUT2D eigenvalue weighted by molar-refractivity contribution is -0.384. The van der Waals surface area contributed by atoms with Gasteiger partial charge in [0.1, 0.15) is 11.6 Å². The molecule has 25 heavy (non-hydrogen) atoms. The summed E-state index contributed by atoms with van der Waals surface area (Å²) in [5.41, 5.74) is 4.85. The zero-order valence-corrected chi connectivity index (χ0v) is 12.9. The number of carbonyl (C=O) groups is 2. The van der Waals surface area contributed by atoms with E-state index in [4.69, 9.17) is 4.74 Å². The summed E-state index contributed by atoms with van der Waals surface area (Å²) in [6, 6.07) is 10.6. The summed E-state index contributed by atoms with van der Waals surface area (Å²) in [5.74, 6) is -1.20. The fraction of sp³-hybridized carbons (Fsp3) is 0.125. The Balaban J connectivity index is 1.72. The first-order chi connectivity index (χ1) is 11.9. The summed E-state index contributed by atoms with van der Waals surface area (Å²) in [4.78, 5) is 33.3. The van der Waals surface area contributed by atoms with Crippen LogP contribution in [-0.4, -0.2) is 23.3 Å². The lowest BCUT2D eigenvalue weighted by Crippen LogP contribution is -2.44. The standard InChI is InChI=1S/C16H14FN3O5/c17-12-3-7-14(8-4-12)25-10-16(22)19-18-15(21)9-11-1-5-13(6-2-11)20(23)24/h1-8H,9-10H2,(H,18,21)(H,19,22). The van der Waals surface area contributed by atoms with E-state index in [9.17, 15) is 24.1 Å². The predicted molar refractivity (Wildman–Crippen MR) is 85.0 cm³/mol. The van der Waals surface area contributed by atoms with Gasteiger partial charge in [-0.25, -0.2) is 4.39 Å². The second-order valence-electron chi connectivity index (χ2n) is 4.94. The van der Waals surface area contributed by atoms with E-state index in [-0.39, 0.29) is 18.7 Å². The van der Waals surface area contributed by atoms with Gasteiger partial charge in [0, 0.05) is 12.1 Å². The van der Waals surface area contributed by atoms with Gasteiger partial charge in [-0.2, -0.15) is 0 Å². The minimum absolute atomic E-state index is 0.0584. The average Bonchev–Trinajstić information content (AvgIpc) is 2.60. The Kier molecular flexibility index (Phi) is 5.99. The number of ether oxygens (including phenoxy) is 1. The Labute approximate surface area is 141 Å². The van der Waals surface area contributed by atoms with Crippen LogP contribution < -0.4 is 15.6 Å². The van der Waals surface area contributed by atoms with Gasteiger partial charge in [-0.3, -0.25) is 30.6 Å². The van der Waals surface area contributed by atoms with Crippen molar-refractivity contribution in [3.63, 3.8) is 0 Å². The number of nitro benzene ring substituents is 1. The molecule has 0 unspecified atom stereocenters. The number of nitrogens with zero attached hydrogens (tertiary/aromatic N) is 1. The molecular formula is C16H14FN3O5. The number of halogens is 1. The normalized spacial score (nSPS) is 9.96. The van der Waals surface area contributed by atoms with Gasteiger partial charge < -0.3 is 4.74 Å². The number of amides is 2. The van der Waals surface area contributed by atoms with E-state index in [1.807, 2.05) is 0 Å². The molecule has 8 nitrogen and oxygen atoms in total. The monoisotopic (exact) mass is 347 g/mol.